The van der Waals surface area contributed by atoms with Crippen LogP contribution < -0.4 is 0 Å². The van der Waals surface area contributed by atoms with Crippen LogP contribution in [0.2, 0.25) is 0 Å². The van der Waals surface area contributed by atoms with Crippen LogP contribution in [0.4, 0.5) is 0 Å². The van der Waals surface area contributed by atoms with Gasteiger partial charge in [-0.2, -0.15) is 0 Å². The van der Waals surface area contributed by atoms with Crippen molar-refractivity contribution in [1.82, 2.24) is 4.90 Å². The summed E-state index contributed by atoms with van der Waals surface area (Å²) in [6, 6.07) is 7.33. The molecule has 20 heavy (non-hydrogen) atoms. The van der Waals surface area contributed by atoms with Gasteiger partial charge in [-0.15, -0.1) is 0 Å². The lowest BCUT2D eigenvalue weighted by Crippen LogP contribution is -2.36. The molecule has 0 amide bonds. The third kappa shape index (κ3) is 4.05. The molecule has 0 saturated carbocycles. The van der Waals surface area contributed by atoms with Crippen molar-refractivity contribution in [3.8, 4) is 0 Å². The molecule has 1 aromatic carbocycles. The van der Waals surface area contributed by atoms with Crippen molar-refractivity contribution in [2.24, 2.45) is 0 Å². The number of hydrogen-bond donors (Lipinski definition) is 1. The summed E-state index contributed by atoms with van der Waals surface area (Å²) in [5.41, 5.74) is 1.61. The van der Waals surface area contributed by atoms with E-state index in [1.807, 2.05) is 19.1 Å². The number of carboxylic acid groups (broad SMARTS) is 1. The highest BCUT2D eigenvalue weighted by atomic mass is 16.5. The van der Waals surface area contributed by atoms with Crippen LogP contribution in [-0.4, -0.2) is 48.8 Å². The van der Waals surface area contributed by atoms with Gasteiger partial charge in [-0.25, -0.2) is 4.79 Å². The number of likely N-dealkylation sites (tertiary alicyclic amines) is 1. The lowest BCUT2D eigenvalue weighted by molar-refractivity contribution is 0.0696. The summed E-state index contributed by atoms with van der Waals surface area (Å²) < 4.78 is 5.41. The molecule has 1 saturated heterocycles. The minimum atomic E-state index is -0.862. The molecule has 110 valence electrons. The Morgan fingerprint density at radius 1 is 1.40 bits per heavy atom. The molecule has 1 heterocycles. The summed E-state index contributed by atoms with van der Waals surface area (Å²) >= 11 is 0. The third-order valence-electron chi connectivity index (χ3n) is 3.89. The normalized spacial score (nSPS) is 19.9. The average Bonchev–Trinajstić information content (AvgIpc) is 2.48. The number of aromatic carboxylic acids is 1. The number of benzene rings is 1. The van der Waals surface area contributed by atoms with Crippen molar-refractivity contribution in [2.45, 2.75) is 25.7 Å². The van der Waals surface area contributed by atoms with Crippen LogP contribution in [0.25, 0.3) is 0 Å². The average molecular weight is 277 g/mol. The first-order valence-electron chi connectivity index (χ1n) is 7.34. The van der Waals surface area contributed by atoms with E-state index in [4.69, 9.17) is 9.84 Å². The van der Waals surface area contributed by atoms with E-state index in [-0.39, 0.29) is 0 Å². The monoisotopic (exact) mass is 277 g/mol. The van der Waals surface area contributed by atoms with Gasteiger partial charge < -0.3 is 14.7 Å². The van der Waals surface area contributed by atoms with Crippen molar-refractivity contribution in [3.63, 3.8) is 0 Å². The quantitative estimate of drug-likeness (QED) is 0.812. The molecule has 1 aliphatic heterocycles. The van der Waals surface area contributed by atoms with Gasteiger partial charge in [0.2, 0.25) is 0 Å². The third-order valence-corrected chi connectivity index (χ3v) is 3.89. The molecule has 1 aliphatic rings. The van der Waals surface area contributed by atoms with Gasteiger partial charge >= 0.3 is 5.97 Å². The van der Waals surface area contributed by atoms with Crippen molar-refractivity contribution in [1.29, 1.82) is 0 Å². The van der Waals surface area contributed by atoms with Crippen molar-refractivity contribution in [2.75, 3.05) is 32.8 Å². The Kier molecular flexibility index (Phi) is 5.56. The lowest BCUT2D eigenvalue weighted by Gasteiger charge is -2.32. The van der Waals surface area contributed by atoms with E-state index >= 15 is 0 Å². The van der Waals surface area contributed by atoms with E-state index in [1.165, 1.54) is 18.4 Å². The first kappa shape index (κ1) is 15.0. The molecule has 1 fully saturated rings. The predicted octanol–water partition coefficient (Wildman–Crippen LogP) is 2.60. The number of nitrogens with zero attached hydrogens (tertiary/aromatic N) is 1. The molecule has 0 unspecified atom stereocenters. The van der Waals surface area contributed by atoms with Crippen LogP contribution in [-0.2, 0) is 4.74 Å². The van der Waals surface area contributed by atoms with Crippen LogP contribution in [0.15, 0.2) is 24.3 Å². The van der Waals surface area contributed by atoms with E-state index in [1.54, 1.807) is 12.1 Å². The highest BCUT2D eigenvalue weighted by Gasteiger charge is 2.21. The van der Waals surface area contributed by atoms with Gasteiger partial charge in [0.25, 0.3) is 0 Å². The molecule has 1 atom stereocenters. The zero-order valence-corrected chi connectivity index (χ0v) is 12.0. The van der Waals surface area contributed by atoms with Crippen LogP contribution in [0.3, 0.4) is 0 Å². The second-order valence-corrected chi connectivity index (χ2v) is 5.26. The van der Waals surface area contributed by atoms with E-state index in [2.05, 4.69) is 4.90 Å². The molecule has 2 rings (SSSR count). The first-order chi connectivity index (χ1) is 9.70. The minimum Gasteiger partial charge on any atom is -0.478 e. The molecule has 0 aromatic heterocycles. The van der Waals surface area contributed by atoms with Gasteiger partial charge in [0.05, 0.1) is 12.2 Å². The molecule has 0 bridgehead atoms. The summed E-state index contributed by atoms with van der Waals surface area (Å²) in [6.45, 7) is 6.74. The second kappa shape index (κ2) is 7.41. The summed E-state index contributed by atoms with van der Waals surface area (Å²) in [6.07, 6.45) is 2.37. The molecular formula is C16H23NO3. The van der Waals surface area contributed by atoms with Gasteiger partial charge in [-0.1, -0.05) is 12.1 Å². The van der Waals surface area contributed by atoms with Crippen LogP contribution in [0.1, 0.15) is 41.6 Å². The van der Waals surface area contributed by atoms with Gasteiger partial charge in [0, 0.05) is 19.7 Å². The smallest absolute Gasteiger partial charge is 0.335 e. The Labute approximate surface area is 120 Å². The standard InChI is InChI=1S/C16H23NO3/c1-2-20-11-10-17-9-3-4-15(12-17)13-5-7-14(8-6-13)16(18)19/h5-8,15H,2-4,9-12H2,1H3,(H,18,19)/t15-/m0/s1. The fourth-order valence-electron chi connectivity index (χ4n) is 2.77. The van der Waals surface area contributed by atoms with Crippen LogP contribution in [0, 0.1) is 0 Å². The highest BCUT2D eigenvalue weighted by Crippen LogP contribution is 2.26. The predicted molar refractivity (Wildman–Crippen MR) is 78.3 cm³/mol. The largest absolute Gasteiger partial charge is 0.478 e. The SMILES string of the molecule is CCOCCN1CCC[C@H](c2ccc(C(=O)O)cc2)C1. The van der Waals surface area contributed by atoms with Crippen molar-refractivity contribution in [3.05, 3.63) is 35.4 Å². The Morgan fingerprint density at radius 3 is 2.80 bits per heavy atom. The molecular weight excluding hydrogens is 254 g/mol. The van der Waals surface area contributed by atoms with Crippen molar-refractivity contribution >= 4 is 5.97 Å². The van der Waals surface area contributed by atoms with Gasteiger partial charge in [-0.3, -0.25) is 0 Å². The van der Waals surface area contributed by atoms with Crippen molar-refractivity contribution < 1.29 is 14.6 Å². The van der Waals surface area contributed by atoms with Gasteiger partial charge in [0.1, 0.15) is 0 Å². The number of carbonyl (C=O) groups is 1. The highest BCUT2D eigenvalue weighted by molar-refractivity contribution is 5.87. The summed E-state index contributed by atoms with van der Waals surface area (Å²) in [7, 11) is 0. The first-order valence-corrected chi connectivity index (χ1v) is 7.34. The summed E-state index contributed by atoms with van der Waals surface area (Å²) in [4.78, 5) is 13.3. The Bertz CT molecular complexity index is 430. The Hall–Kier alpha value is -1.39. The minimum absolute atomic E-state index is 0.359. The number of rotatable bonds is 6. The Morgan fingerprint density at radius 2 is 2.15 bits per heavy atom. The zero-order valence-electron chi connectivity index (χ0n) is 12.0. The molecule has 1 aromatic rings. The van der Waals surface area contributed by atoms with Crippen LogP contribution in [0.5, 0.6) is 0 Å². The lowest BCUT2D eigenvalue weighted by atomic mass is 9.90. The van der Waals surface area contributed by atoms with Gasteiger partial charge in [0.15, 0.2) is 0 Å². The van der Waals surface area contributed by atoms with E-state index in [0.29, 0.717) is 11.5 Å². The van der Waals surface area contributed by atoms with E-state index < -0.39 is 5.97 Å². The topological polar surface area (TPSA) is 49.8 Å². The number of carboxylic acids is 1. The maximum Gasteiger partial charge on any atom is 0.335 e. The van der Waals surface area contributed by atoms with E-state index in [9.17, 15) is 4.79 Å². The molecule has 0 radical (unpaired) electrons. The number of hydrogen-bond acceptors (Lipinski definition) is 3. The molecule has 0 spiro atoms. The number of piperidine rings is 1. The number of ether oxygens (including phenoxy) is 1. The molecule has 4 heteroatoms. The fraction of sp³-hybridized carbons (Fsp3) is 0.562. The van der Waals surface area contributed by atoms with Crippen LogP contribution >= 0.6 is 0 Å². The molecule has 0 aliphatic carbocycles. The Balaban J connectivity index is 1.92. The summed E-state index contributed by atoms with van der Waals surface area (Å²) in [5, 5.41) is 8.93. The molecule has 4 nitrogen and oxygen atoms in total. The zero-order chi connectivity index (χ0) is 14.4. The molecule has 1 N–H and O–H groups in total. The summed E-state index contributed by atoms with van der Waals surface area (Å²) in [5.74, 6) is -0.355. The van der Waals surface area contributed by atoms with Gasteiger partial charge in [-0.05, 0) is 49.9 Å². The maximum absolute atomic E-state index is 10.9. The fourth-order valence-corrected chi connectivity index (χ4v) is 2.77. The van der Waals surface area contributed by atoms with E-state index in [0.717, 1.165) is 32.8 Å². The maximum atomic E-state index is 10.9. The second-order valence-electron chi connectivity index (χ2n) is 5.26.